The van der Waals surface area contributed by atoms with Gasteiger partial charge in [-0.15, -0.1) is 0 Å². The van der Waals surface area contributed by atoms with Crippen molar-refractivity contribution >= 4 is 24.6 Å². The molecule has 0 aliphatic carbocycles. The normalized spacial score (nSPS) is 11.1. The summed E-state index contributed by atoms with van der Waals surface area (Å²) >= 11 is 4.00. The van der Waals surface area contributed by atoms with E-state index in [1.807, 2.05) is 42.5 Å². The summed E-state index contributed by atoms with van der Waals surface area (Å²) in [6.45, 7) is 0.592. The lowest BCUT2D eigenvalue weighted by atomic mass is 10.2. The first-order chi connectivity index (χ1) is 7.83. The van der Waals surface area contributed by atoms with E-state index in [0.717, 1.165) is 5.56 Å². The van der Waals surface area contributed by atoms with Gasteiger partial charge in [-0.2, -0.15) is 12.6 Å². The Morgan fingerprint density at radius 1 is 1.25 bits per heavy atom. The zero-order valence-electron chi connectivity index (χ0n) is 8.97. The third-order valence-electron chi connectivity index (χ3n) is 1.86. The van der Waals surface area contributed by atoms with E-state index in [1.54, 1.807) is 6.08 Å². The summed E-state index contributed by atoms with van der Waals surface area (Å²) < 4.78 is 0. The molecule has 0 atom stereocenters. The number of hydrogen-bond donors (Lipinski definition) is 2. The van der Waals surface area contributed by atoms with E-state index in [4.69, 9.17) is 0 Å². The summed E-state index contributed by atoms with van der Waals surface area (Å²) in [4.78, 5) is 11.1. The summed E-state index contributed by atoms with van der Waals surface area (Å²) in [5.74, 6) is 0.561. The van der Waals surface area contributed by atoms with E-state index < -0.39 is 0 Å². The lowest BCUT2D eigenvalue weighted by molar-refractivity contribution is -0.116. The van der Waals surface area contributed by atoms with Crippen molar-refractivity contribution in [1.29, 1.82) is 0 Å². The van der Waals surface area contributed by atoms with Gasteiger partial charge in [0, 0.05) is 18.4 Å². The summed E-state index contributed by atoms with van der Waals surface area (Å²) in [6, 6.07) is 9.93. The van der Waals surface area contributed by atoms with Crippen LogP contribution in [0.4, 0.5) is 0 Å². The lowest BCUT2D eigenvalue weighted by Gasteiger charge is -1.95. The number of allylic oxidation sites excluding steroid dienone is 2. The fourth-order valence-corrected chi connectivity index (χ4v) is 1.22. The molecule has 0 saturated heterocycles. The van der Waals surface area contributed by atoms with Gasteiger partial charge in [-0.3, -0.25) is 4.79 Å². The van der Waals surface area contributed by atoms with Crippen molar-refractivity contribution in [3.63, 3.8) is 0 Å². The van der Waals surface area contributed by atoms with E-state index in [0.29, 0.717) is 12.3 Å². The molecule has 0 radical (unpaired) electrons. The Bertz CT molecular complexity index is 371. The molecule has 1 amide bonds. The van der Waals surface area contributed by atoms with Crippen molar-refractivity contribution < 1.29 is 4.79 Å². The second kappa shape index (κ2) is 7.77. The number of nitrogens with one attached hydrogen (secondary N) is 1. The van der Waals surface area contributed by atoms with Crippen LogP contribution in [0.5, 0.6) is 0 Å². The van der Waals surface area contributed by atoms with Crippen LogP contribution in [0, 0.1) is 0 Å². The molecule has 1 rings (SSSR count). The van der Waals surface area contributed by atoms with Crippen LogP contribution in [0.3, 0.4) is 0 Å². The third-order valence-corrected chi connectivity index (χ3v) is 2.08. The molecule has 0 fully saturated rings. The van der Waals surface area contributed by atoms with Crippen LogP contribution in [0.25, 0.3) is 6.08 Å². The number of amides is 1. The Kier molecular flexibility index (Phi) is 6.11. The second-order valence-electron chi connectivity index (χ2n) is 3.14. The SMILES string of the molecule is O=C(/C=C/C=C/c1ccccc1)NCCS. The molecule has 1 aromatic carbocycles. The van der Waals surface area contributed by atoms with Crippen LogP contribution in [-0.2, 0) is 4.79 Å². The maximum atomic E-state index is 11.1. The van der Waals surface area contributed by atoms with E-state index in [9.17, 15) is 4.79 Å². The number of carbonyl (C=O) groups is 1. The predicted octanol–water partition coefficient (Wildman–Crippen LogP) is 2.30. The van der Waals surface area contributed by atoms with Gasteiger partial charge in [-0.05, 0) is 5.56 Å². The summed E-state index contributed by atoms with van der Waals surface area (Å²) in [5, 5.41) is 2.69. The number of hydrogen-bond acceptors (Lipinski definition) is 2. The fraction of sp³-hybridized carbons (Fsp3) is 0.154. The highest BCUT2D eigenvalue weighted by Crippen LogP contribution is 2.00. The molecule has 1 N–H and O–H groups in total. The summed E-state index contributed by atoms with van der Waals surface area (Å²) in [5.41, 5.74) is 1.11. The van der Waals surface area contributed by atoms with Crippen LogP contribution in [-0.4, -0.2) is 18.2 Å². The summed E-state index contributed by atoms with van der Waals surface area (Å²) in [6.07, 6.45) is 7.02. The average Bonchev–Trinajstić information content (AvgIpc) is 2.33. The number of carbonyl (C=O) groups excluding carboxylic acids is 1. The lowest BCUT2D eigenvalue weighted by Crippen LogP contribution is -2.22. The minimum atomic E-state index is -0.0910. The van der Waals surface area contributed by atoms with Gasteiger partial charge >= 0.3 is 0 Å². The molecule has 2 nitrogen and oxygen atoms in total. The van der Waals surface area contributed by atoms with Gasteiger partial charge in [-0.1, -0.05) is 48.6 Å². The molecule has 0 unspecified atom stereocenters. The van der Waals surface area contributed by atoms with E-state index >= 15 is 0 Å². The molecule has 3 heteroatoms. The number of thiol groups is 1. The van der Waals surface area contributed by atoms with Crippen molar-refractivity contribution in [2.75, 3.05) is 12.3 Å². The van der Waals surface area contributed by atoms with Crippen LogP contribution < -0.4 is 5.32 Å². The van der Waals surface area contributed by atoms with Gasteiger partial charge in [0.1, 0.15) is 0 Å². The topological polar surface area (TPSA) is 29.1 Å². The molecule has 0 aliphatic rings. The Morgan fingerprint density at radius 3 is 2.69 bits per heavy atom. The van der Waals surface area contributed by atoms with E-state index in [2.05, 4.69) is 17.9 Å². The first kappa shape index (κ1) is 12.6. The van der Waals surface area contributed by atoms with Crippen LogP contribution in [0.1, 0.15) is 5.56 Å². The molecule has 0 aliphatic heterocycles. The molecular formula is C13H15NOS. The molecule has 0 heterocycles. The number of benzene rings is 1. The van der Waals surface area contributed by atoms with E-state index in [1.165, 1.54) is 6.08 Å². The average molecular weight is 233 g/mol. The molecule has 1 aromatic rings. The van der Waals surface area contributed by atoms with Crippen LogP contribution in [0.2, 0.25) is 0 Å². The fourth-order valence-electron chi connectivity index (χ4n) is 1.11. The first-order valence-corrected chi connectivity index (χ1v) is 5.74. The van der Waals surface area contributed by atoms with Crippen molar-refractivity contribution in [2.45, 2.75) is 0 Å². The van der Waals surface area contributed by atoms with Gasteiger partial charge in [0.2, 0.25) is 5.91 Å². The smallest absolute Gasteiger partial charge is 0.244 e. The predicted molar refractivity (Wildman–Crippen MR) is 71.5 cm³/mol. The van der Waals surface area contributed by atoms with E-state index in [-0.39, 0.29) is 5.91 Å². The Balaban J connectivity index is 2.36. The first-order valence-electron chi connectivity index (χ1n) is 5.11. The molecular weight excluding hydrogens is 218 g/mol. The summed E-state index contributed by atoms with van der Waals surface area (Å²) in [7, 11) is 0. The zero-order chi connectivity index (χ0) is 11.6. The zero-order valence-corrected chi connectivity index (χ0v) is 9.86. The number of rotatable bonds is 5. The highest BCUT2D eigenvalue weighted by molar-refractivity contribution is 7.80. The van der Waals surface area contributed by atoms with Crippen molar-refractivity contribution in [3.05, 3.63) is 54.1 Å². The Morgan fingerprint density at radius 2 is 2.00 bits per heavy atom. The molecule has 84 valence electrons. The van der Waals surface area contributed by atoms with Crippen LogP contribution in [0.15, 0.2) is 48.6 Å². The minimum Gasteiger partial charge on any atom is -0.352 e. The van der Waals surface area contributed by atoms with Gasteiger partial charge in [0.05, 0.1) is 0 Å². The van der Waals surface area contributed by atoms with Gasteiger partial charge in [0.25, 0.3) is 0 Å². The van der Waals surface area contributed by atoms with Crippen LogP contribution >= 0.6 is 12.6 Å². The van der Waals surface area contributed by atoms with Gasteiger partial charge in [-0.25, -0.2) is 0 Å². The second-order valence-corrected chi connectivity index (χ2v) is 3.59. The molecule has 0 saturated carbocycles. The van der Waals surface area contributed by atoms with Gasteiger partial charge in [0.15, 0.2) is 0 Å². The van der Waals surface area contributed by atoms with Crippen molar-refractivity contribution in [2.24, 2.45) is 0 Å². The highest BCUT2D eigenvalue weighted by atomic mass is 32.1. The Labute approximate surface area is 101 Å². The van der Waals surface area contributed by atoms with Crippen molar-refractivity contribution in [3.8, 4) is 0 Å². The van der Waals surface area contributed by atoms with Gasteiger partial charge < -0.3 is 5.32 Å². The molecule has 16 heavy (non-hydrogen) atoms. The maximum Gasteiger partial charge on any atom is 0.244 e. The third kappa shape index (κ3) is 5.41. The largest absolute Gasteiger partial charge is 0.352 e. The molecule has 0 spiro atoms. The Hall–Kier alpha value is -1.48. The standard InChI is InChI=1S/C13H15NOS/c15-13(14-10-11-16)9-5-4-8-12-6-2-1-3-7-12/h1-9,16H,10-11H2,(H,14,15)/b8-4+,9-5+. The monoisotopic (exact) mass is 233 g/mol. The minimum absolute atomic E-state index is 0.0910. The maximum absolute atomic E-state index is 11.1. The molecule has 0 aromatic heterocycles. The highest BCUT2D eigenvalue weighted by Gasteiger charge is 1.89. The quantitative estimate of drug-likeness (QED) is 0.456. The molecule has 0 bridgehead atoms. The van der Waals surface area contributed by atoms with Crippen molar-refractivity contribution in [1.82, 2.24) is 5.32 Å².